The van der Waals surface area contributed by atoms with Crippen molar-refractivity contribution >= 4 is 17.6 Å². The molecule has 1 saturated heterocycles. The molecule has 1 fully saturated rings. The van der Waals surface area contributed by atoms with Gasteiger partial charge in [-0.25, -0.2) is 14.8 Å². The maximum atomic E-state index is 14.0. The van der Waals surface area contributed by atoms with Crippen LogP contribution in [0.25, 0.3) is 0 Å². The van der Waals surface area contributed by atoms with Crippen molar-refractivity contribution in [2.45, 2.75) is 58.1 Å². The summed E-state index contributed by atoms with van der Waals surface area (Å²) in [6.45, 7) is 3.66. The highest BCUT2D eigenvalue weighted by atomic mass is 19.3. The molecule has 4 rings (SSSR count). The largest absolute Gasteiger partial charge is 0.415 e. The van der Waals surface area contributed by atoms with Gasteiger partial charge in [-0.15, -0.1) is 0 Å². The van der Waals surface area contributed by atoms with Gasteiger partial charge in [0.15, 0.2) is 0 Å². The highest BCUT2D eigenvalue weighted by molar-refractivity contribution is 6.00. The summed E-state index contributed by atoms with van der Waals surface area (Å²) in [5, 5.41) is 5.69. The molecular formula is C27H32F2N6O3. The molecule has 0 unspecified atom stereocenters. The van der Waals surface area contributed by atoms with Gasteiger partial charge in [0.2, 0.25) is 11.8 Å². The zero-order valence-corrected chi connectivity index (χ0v) is 21.6. The normalized spacial score (nSPS) is 15.0. The molecular weight excluding hydrogens is 494 g/mol. The maximum Gasteiger partial charge on any atom is 0.388 e. The summed E-state index contributed by atoms with van der Waals surface area (Å²) in [6, 6.07) is 10.7. The van der Waals surface area contributed by atoms with Gasteiger partial charge in [-0.1, -0.05) is 38.1 Å². The number of halogens is 2. The number of carbonyl (C=O) groups excluding carboxylic acids is 2. The molecule has 2 aromatic heterocycles. The van der Waals surface area contributed by atoms with Crippen LogP contribution in [0.5, 0.6) is 5.88 Å². The number of benzene rings is 1. The van der Waals surface area contributed by atoms with Crippen molar-refractivity contribution in [2.75, 3.05) is 18.4 Å². The number of pyridine rings is 1. The van der Waals surface area contributed by atoms with Gasteiger partial charge >= 0.3 is 12.6 Å². The quantitative estimate of drug-likeness (QED) is 0.393. The molecule has 3 N–H and O–H groups in total. The molecule has 3 amide bonds. The topological polar surface area (TPSA) is 112 Å². The fourth-order valence-corrected chi connectivity index (χ4v) is 4.85. The van der Waals surface area contributed by atoms with Crippen LogP contribution in [0.1, 0.15) is 55.1 Å². The highest BCUT2D eigenvalue weighted by Crippen LogP contribution is 2.41. The highest BCUT2D eigenvalue weighted by Gasteiger charge is 2.45. The molecule has 0 saturated carbocycles. The molecule has 9 nitrogen and oxygen atoms in total. The number of hydrogen-bond acceptors (Lipinski definition) is 5. The number of aryl methyl sites for hydroxylation is 1. The van der Waals surface area contributed by atoms with E-state index in [0.29, 0.717) is 38.2 Å². The second-order valence-corrected chi connectivity index (χ2v) is 9.68. The summed E-state index contributed by atoms with van der Waals surface area (Å²) in [6.07, 6.45) is 3.89. The Morgan fingerprint density at radius 3 is 2.55 bits per heavy atom. The van der Waals surface area contributed by atoms with Crippen LogP contribution >= 0.6 is 0 Å². The van der Waals surface area contributed by atoms with Gasteiger partial charge in [-0.05, 0) is 48.9 Å². The van der Waals surface area contributed by atoms with E-state index in [1.165, 1.54) is 6.07 Å². The molecule has 11 heteroatoms. The number of carbonyl (C=O) groups is 2. The molecule has 0 bridgehead atoms. The van der Waals surface area contributed by atoms with Crippen molar-refractivity contribution in [3.63, 3.8) is 0 Å². The van der Waals surface area contributed by atoms with E-state index >= 15 is 0 Å². The van der Waals surface area contributed by atoms with Crippen molar-refractivity contribution in [1.82, 2.24) is 25.2 Å². The van der Waals surface area contributed by atoms with Crippen LogP contribution < -0.4 is 15.4 Å². The summed E-state index contributed by atoms with van der Waals surface area (Å²) in [4.78, 5) is 39.5. The Bertz CT molecular complexity index is 1260. The number of imidazole rings is 1. The van der Waals surface area contributed by atoms with Gasteiger partial charge < -0.3 is 25.3 Å². The van der Waals surface area contributed by atoms with E-state index in [-0.39, 0.29) is 29.4 Å². The Morgan fingerprint density at radius 2 is 1.89 bits per heavy atom. The first-order valence-corrected chi connectivity index (χ1v) is 12.5. The van der Waals surface area contributed by atoms with Crippen molar-refractivity contribution < 1.29 is 23.1 Å². The number of aromatic nitrogens is 3. The SMILES string of the molecule is Cc1ccc(NC(=O)C2(c3ccccc3C(C)C)CCN(C(=O)NCc3cnc[nH]3)CC2)c(OC(F)F)n1. The molecule has 38 heavy (non-hydrogen) atoms. The molecule has 1 aliphatic rings. The second-order valence-electron chi connectivity index (χ2n) is 9.68. The van der Waals surface area contributed by atoms with Crippen LogP contribution in [0.3, 0.4) is 0 Å². The van der Waals surface area contributed by atoms with Crippen molar-refractivity contribution in [2.24, 2.45) is 0 Å². The number of nitrogens with zero attached hydrogens (tertiary/aromatic N) is 3. The van der Waals surface area contributed by atoms with Crippen LogP contribution in [0, 0.1) is 6.92 Å². The second kappa shape index (κ2) is 11.6. The number of piperidine rings is 1. The van der Waals surface area contributed by atoms with E-state index < -0.39 is 12.0 Å². The Kier molecular flexibility index (Phi) is 8.23. The number of urea groups is 1. The fraction of sp³-hybridized carbons (Fsp3) is 0.407. The average molecular weight is 527 g/mol. The predicted molar refractivity (Wildman–Crippen MR) is 138 cm³/mol. The number of rotatable bonds is 8. The molecule has 0 spiro atoms. The summed E-state index contributed by atoms with van der Waals surface area (Å²) < 4.78 is 30.7. The molecule has 202 valence electrons. The van der Waals surface area contributed by atoms with Crippen molar-refractivity contribution in [1.29, 1.82) is 0 Å². The molecule has 0 radical (unpaired) electrons. The minimum Gasteiger partial charge on any atom is -0.415 e. The molecule has 1 aliphatic heterocycles. The summed E-state index contributed by atoms with van der Waals surface area (Å²) in [5.74, 6) is -0.547. The minimum absolute atomic E-state index is 0.0713. The fourth-order valence-electron chi connectivity index (χ4n) is 4.85. The lowest BCUT2D eigenvalue weighted by atomic mass is 9.69. The van der Waals surface area contributed by atoms with Gasteiger partial charge in [0.25, 0.3) is 0 Å². The van der Waals surface area contributed by atoms with Crippen LogP contribution in [-0.2, 0) is 16.8 Å². The number of H-pyrrole nitrogens is 1. The smallest absolute Gasteiger partial charge is 0.388 e. The van der Waals surface area contributed by atoms with Crippen LogP contribution in [0.2, 0.25) is 0 Å². The lowest BCUT2D eigenvalue weighted by molar-refractivity contribution is -0.123. The van der Waals surface area contributed by atoms with Crippen LogP contribution in [0.4, 0.5) is 19.3 Å². The van der Waals surface area contributed by atoms with E-state index in [2.05, 4.69) is 44.2 Å². The zero-order chi connectivity index (χ0) is 27.3. The van der Waals surface area contributed by atoms with E-state index in [0.717, 1.165) is 16.8 Å². The number of aromatic amines is 1. The Labute approximate surface area is 220 Å². The standard InChI is InChI=1S/C27H32F2N6O3/c1-17(2)20-6-4-5-7-21(20)27(24(36)34-22-9-8-18(3)33-23(22)38-25(28)29)10-12-35(13-11-27)26(37)31-15-19-14-30-16-32-19/h4-9,14,16-17,25H,10-13,15H2,1-3H3,(H,30,32)(H,31,37)(H,34,36). The number of hydrogen-bond donors (Lipinski definition) is 3. The van der Waals surface area contributed by atoms with Gasteiger partial charge in [-0.3, -0.25) is 4.79 Å². The first-order chi connectivity index (χ1) is 18.2. The Hall–Kier alpha value is -4.02. The molecule has 3 aromatic rings. The van der Waals surface area contributed by atoms with Crippen molar-refractivity contribution in [3.8, 4) is 5.88 Å². The predicted octanol–water partition coefficient (Wildman–Crippen LogP) is 4.72. The van der Waals surface area contributed by atoms with Crippen LogP contribution in [-0.4, -0.2) is 51.5 Å². The molecule has 3 heterocycles. The number of likely N-dealkylation sites (tertiary alicyclic amines) is 1. The first kappa shape index (κ1) is 27.0. The third-order valence-corrected chi connectivity index (χ3v) is 6.87. The number of anilines is 1. The first-order valence-electron chi connectivity index (χ1n) is 12.5. The zero-order valence-electron chi connectivity index (χ0n) is 21.6. The average Bonchev–Trinajstić information content (AvgIpc) is 3.42. The van der Waals surface area contributed by atoms with E-state index in [4.69, 9.17) is 0 Å². The Balaban J connectivity index is 1.61. The van der Waals surface area contributed by atoms with Gasteiger partial charge in [-0.2, -0.15) is 8.78 Å². The van der Waals surface area contributed by atoms with Gasteiger partial charge in [0, 0.05) is 25.0 Å². The summed E-state index contributed by atoms with van der Waals surface area (Å²) in [5.41, 5.74) is 2.22. The lowest BCUT2D eigenvalue weighted by Gasteiger charge is -2.42. The summed E-state index contributed by atoms with van der Waals surface area (Å²) >= 11 is 0. The number of nitrogens with one attached hydrogen (secondary N) is 3. The maximum absolute atomic E-state index is 14.0. The van der Waals surface area contributed by atoms with E-state index in [1.807, 2.05) is 24.3 Å². The molecule has 1 aromatic carbocycles. The van der Waals surface area contributed by atoms with E-state index in [1.54, 1.807) is 30.4 Å². The number of amides is 3. The van der Waals surface area contributed by atoms with Crippen LogP contribution in [0.15, 0.2) is 48.9 Å². The monoisotopic (exact) mass is 526 g/mol. The summed E-state index contributed by atoms with van der Waals surface area (Å²) in [7, 11) is 0. The third kappa shape index (κ3) is 5.92. The Morgan fingerprint density at radius 1 is 1.16 bits per heavy atom. The number of alkyl halides is 2. The minimum atomic E-state index is -3.08. The lowest BCUT2D eigenvalue weighted by Crippen LogP contribution is -2.53. The molecule has 0 aliphatic carbocycles. The van der Waals surface area contributed by atoms with Gasteiger partial charge in [0.1, 0.15) is 5.69 Å². The van der Waals surface area contributed by atoms with E-state index in [9.17, 15) is 18.4 Å². The van der Waals surface area contributed by atoms with Crippen molar-refractivity contribution in [3.05, 3.63) is 71.4 Å². The number of ether oxygens (including phenoxy) is 1. The van der Waals surface area contributed by atoms with Gasteiger partial charge in [0.05, 0.1) is 24.0 Å². The third-order valence-electron chi connectivity index (χ3n) is 6.87. The molecule has 0 atom stereocenters.